The van der Waals surface area contributed by atoms with Gasteiger partial charge in [-0.1, -0.05) is 25.1 Å². The van der Waals surface area contributed by atoms with E-state index in [0.717, 1.165) is 41.1 Å². The summed E-state index contributed by atoms with van der Waals surface area (Å²) < 4.78 is 5.86. The van der Waals surface area contributed by atoms with E-state index in [0.29, 0.717) is 6.61 Å². The molecule has 24 heavy (non-hydrogen) atoms. The van der Waals surface area contributed by atoms with Crippen LogP contribution in [-0.2, 0) is 12.8 Å². The fraction of sp³-hybridized carbons (Fsp3) is 0.421. The molecule has 0 radical (unpaired) electrons. The third-order valence-corrected chi connectivity index (χ3v) is 5.86. The van der Waals surface area contributed by atoms with E-state index in [1.54, 1.807) is 11.3 Å². The van der Waals surface area contributed by atoms with Gasteiger partial charge in [-0.3, -0.25) is 4.79 Å². The van der Waals surface area contributed by atoms with Crippen LogP contribution < -0.4 is 15.4 Å². The molecule has 1 aliphatic carbocycles. The molecule has 1 atom stereocenters. The minimum absolute atomic E-state index is 0.0402. The number of ether oxygens (including phenoxy) is 1. The zero-order chi connectivity index (χ0) is 16.5. The first-order chi connectivity index (χ1) is 11.8. The predicted octanol–water partition coefficient (Wildman–Crippen LogP) is 4.27. The lowest BCUT2D eigenvalue weighted by atomic mass is 9.94. The molecule has 2 aromatic rings. The zero-order valence-corrected chi connectivity index (χ0v) is 14.7. The van der Waals surface area contributed by atoms with E-state index in [1.165, 1.54) is 23.3 Å². The Hall–Kier alpha value is -2.01. The summed E-state index contributed by atoms with van der Waals surface area (Å²) >= 11 is 1.75. The van der Waals surface area contributed by atoms with Crippen molar-refractivity contribution in [1.82, 2.24) is 5.32 Å². The van der Waals surface area contributed by atoms with Gasteiger partial charge in [-0.15, -0.1) is 11.3 Å². The van der Waals surface area contributed by atoms with Crippen molar-refractivity contribution < 1.29 is 9.53 Å². The molecule has 4 nitrogen and oxygen atoms in total. The van der Waals surface area contributed by atoms with Crippen LogP contribution in [0.4, 0.5) is 5.00 Å². The van der Waals surface area contributed by atoms with Crippen LogP contribution in [0.15, 0.2) is 24.3 Å². The second-order valence-corrected chi connectivity index (χ2v) is 7.46. The lowest BCUT2D eigenvalue weighted by Crippen LogP contribution is -2.38. The SMILES string of the molecule is CCCOc1ccccc1[C@@H]1NC(=O)c2c(sc3c2CCCC3)N1. The predicted molar refractivity (Wildman–Crippen MR) is 97.0 cm³/mol. The van der Waals surface area contributed by atoms with Gasteiger partial charge in [-0.05, 0) is 43.7 Å². The number of benzene rings is 1. The summed E-state index contributed by atoms with van der Waals surface area (Å²) in [5, 5.41) is 7.66. The molecule has 0 bridgehead atoms. The fourth-order valence-electron chi connectivity index (χ4n) is 3.50. The number of nitrogens with one attached hydrogen (secondary N) is 2. The molecule has 0 spiro atoms. The highest BCUT2D eigenvalue weighted by atomic mass is 32.1. The lowest BCUT2D eigenvalue weighted by Gasteiger charge is -2.28. The maximum atomic E-state index is 12.7. The third-order valence-electron chi connectivity index (χ3n) is 4.64. The number of rotatable bonds is 4. The highest BCUT2D eigenvalue weighted by Gasteiger charge is 2.32. The number of anilines is 1. The first kappa shape index (κ1) is 15.5. The van der Waals surface area contributed by atoms with Gasteiger partial charge in [0.05, 0.1) is 12.2 Å². The van der Waals surface area contributed by atoms with Gasteiger partial charge >= 0.3 is 0 Å². The van der Waals surface area contributed by atoms with Crippen LogP contribution in [0.25, 0.3) is 0 Å². The molecular formula is C19H22N2O2S. The van der Waals surface area contributed by atoms with E-state index >= 15 is 0 Å². The number of fused-ring (bicyclic) bond motifs is 3. The summed E-state index contributed by atoms with van der Waals surface area (Å²) in [5.41, 5.74) is 3.12. The molecule has 1 aromatic heterocycles. The number of thiophene rings is 1. The quantitative estimate of drug-likeness (QED) is 0.872. The summed E-state index contributed by atoms with van der Waals surface area (Å²) in [7, 11) is 0. The smallest absolute Gasteiger partial charge is 0.256 e. The summed E-state index contributed by atoms with van der Waals surface area (Å²) in [5.74, 6) is 0.875. The Bertz CT molecular complexity index is 769. The van der Waals surface area contributed by atoms with Crippen LogP contribution in [0.3, 0.4) is 0 Å². The van der Waals surface area contributed by atoms with Crippen molar-refractivity contribution in [2.75, 3.05) is 11.9 Å². The molecule has 5 heteroatoms. The highest BCUT2D eigenvalue weighted by Crippen LogP contribution is 2.42. The molecule has 2 heterocycles. The van der Waals surface area contributed by atoms with Crippen LogP contribution in [0.5, 0.6) is 5.75 Å². The van der Waals surface area contributed by atoms with E-state index in [1.807, 2.05) is 24.3 Å². The lowest BCUT2D eigenvalue weighted by molar-refractivity contribution is 0.0934. The Kier molecular flexibility index (Phi) is 4.19. The summed E-state index contributed by atoms with van der Waals surface area (Å²) in [4.78, 5) is 14.1. The first-order valence-corrected chi connectivity index (χ1v) is 9.53. The number of para-hydroxylation sites is 1. The average molecular weight is 342 g/mol. The van der Waals surface area contributed by atoms with Crippen molar-refractivity contribution in [2.24, 2.45) is 0 Å². The van der Waals surface area contributed by atoms with Gasteiger partial charge in [0.15, 0.2) is 0 Å². The second-order valence-electron chi connectivity index (χ2n) is 6.35. The summed E-state index contributed by atoms with van der Waals surface area (Å²) in [6.45, 7) is 2.77. The number of hydrogen-bond donors (Lipinski definition) is 2. The van der Waals surface area contributed by atoms with Crippen LogP contribution >= 0.6 is 11.3 Å². The molecular weight excluding hydrogens is 320 g/mol. The molecule has 4 rings (SSSR count). The van der Waals surface area contributed by atoms with E-state index in [9.17, 15) is 4.79 Å². The third kappa shape index (κ3) is 2.67. The van der Waals surface area contributed by atoms with Gasteiger partial charge in [0, 0.05) is 10.4 Å². The van der Waals surface area contributed by atoms with Gasteiger partial charge < -0.3 is 15.4 Å². The van der Waals surface area contributed by atoms with Crippen LogP contribution in [-0.4, -0.2) is 12.5 Å². The van der Waals surface area contributed by atoms with Gasteiger partial charge in [-0.25, -0.2) is 0 Å². The van der Waals surface area contributed by atoms with Crippen molar-refractivity contribution in [2.45, 2.75) is 45.2 Å². The summed E-state index contributed by atoms with van der Waals surface area (Å²) in [6.07, 6.45) is 5.25. The van der Waals surface area contributed by atoms with Crippen LogP contribution in [0.2, 0.25) is 0 Å². The standard InChI is InChI=1S/C19H22N2O2S/c1-2-11-23-14-9-5-3-7-12(14)17-20-18(22)16-13-8-4-6-10-15(13)24-19(16)21-17/h3,5,7,9,17,21H,2,4,6,8,10-11H2,1H3,(H,20,22)/t17-/m1/s1. The van der Waals surface area contributed by atoms with Gasteiger partial charge in [-0.2, -0.15) is 0 Å². The Morgan fingerprint density at radius 3 is 2.92 bits per heavy atom. The number of amides is 1. The minimum Gasteiger partial charge on any atom is -0.493 e. The van der Waals surface area contributed by atoms with E-state index < -0.39 is 0 Å². The van der Waals surface area contributed by atoms with E-state index in [-0.39, 0.29) is 12.1 Å². The topological polar surface area (TPSA) is 50.4 Å². The van der Waals surface area contributed by atoms with Crippen LogP contribution in [0, 0.1) is 0 Å². The Morgan fingerprint density at radius 2 is 2.04 bits per heavy atom. The molecule has 0 unspecified atom stereocenters. The normalized spacial score (nSPS) is 19.0. The Balaban J connectivity index is 1.66. The molecule has 126 valence electrons. The zero-order valence-electron chi connectivity index (χ0n) is 13.9. The molecule has 1 amide bonds. The molecule has 1 aliphatic heterocycles. The first-order valence-electron chi connectivity index (χ1n) is 8.71. The minimum atomic E-state index is -0.238. The van der Waals surface area contributed by atoms with Crippen molar-refractivity contribution in [3.8, 4) is 5.75 Å². The maximum absolute atomic E-state index is 12.7. The Morgan fingerprint density at radius 1 is 1.21 bits per heavy atom. The number of carbonyl (C=O) groups is 1. The maximum Gasteiger partial charge on any atom is 0.256 e. The molecule has 2 aliphatic rings. The van der Waals surface area contributed by atoms with Crippen molar-refractivity contribution >= 4 is 22.2 Å². The van der Waals surface area contributed by atoms with Crippen molar-refractivity contribution in [3.05, 3.63) is 45.8 Å². The average Bonchev–Trinajstić information content (AvgIpc) is 2.99. The van der Waals surface area contributed by atoms with E-state index in [4.69, 9.17) is 4.74 Å². The number of aryl methyl sites for hydroxylation is 1. The summed E-state index contributed by atoms with van der Waals surface area (Å²) in [6, 6.07) is 7.93. The fourth-order valence-corrected chi connectivity index (χ4v) is 4.81. The largest absolute Gasteiger partial charge is 0.493 e. The van der Waals surface area contributed by atoms with Crippen molar-refractivity contribution in [3.63, 3.8) is 0 Å². The van der Waals surface area contributed by atoms with Gasteiger partial charge in [0.25, 0.3) is 5.91 Å². The highest BCUT2D eigenvalue weighted by molar-refractivity contribution is 7.16. The van der Waals surface area contributed by atoms with Crippen molar-refractivity contribution in [1.29, 1.82) is 0 Å². The van der Waals surface area contributed by atoms with Crippen LogP contribution in [0.1, 0.15) is 58.7 Å². The number of hydrogen-bond acceptors (Lipinski definition) is 4. The molecule has 0 fully saturated rings. The molecule has 0 saturated carbocycles. The Labute approximate surface area is 146 Å². The number of carbonyl (C=O) groups excluding carboxylic acids is 1. The molecule has 0 saturated heterocycles. The molecule has 2 N–H and O–H groups in total. The van der Waals surface area contributed by atoms with Gasteiger partial charge in [0.2, 0.25) is 0 Å². The molecule has 1 aromatic carbocycles. The van der Waals surface area contributed by atoms with E-state index in [2.05, 4.69) is 17.6 Å². The monoisotopic (exact) mass is 342 g/mol. The van der Waals surface area contributed by atoms with Gasteiger partial charge in [0.1, 0.15) is 16.9 Å². The second kappa shape index (κ2) is 6.48.